The van der Waals surface area contributed by atoms with E-state index in [9.17, 15) is 13.2 Å². The average molecular weight is 368 g/mol. The van der Waals surface area contributed by atoms with Crippen molar-refractivity contribution >= 4 is 32.4 Å². The Morgan fingerprint density at radius 3 is 2.38 bits per heavy atom. The predicted octanol–water partition coefficient (Wildman–Crippen LogP) is 2.46. The summed E-state index contributed by atoms with van der Waals surface area (Å²) in [4.78, 5) is 11.0. The molecular formula is C15H20N4O3S2. The number of benzene rings is 1. The van der Waals surface area contributed by atoms with Gasteiger partial charge in [0.05, 0.1) is 0 Å². The first-order chi connectivity index (χ1) is 11.1. The van der Waals surface area contributed by atoms with E-state index in [1.54, 1.807) is 6.92 Å². The van der Waals surface area contributed by atoms with Crippen LogP contribution in [-0.4, -0.2) is 24.5 Å². The van der Waals surface area contributed by atoms with E-state index in [1.165, 1.54) is 6.92 Å². The molecule has 7 nitrogen and oxygen atoms in total. The molecule has 0 fully saturated rings. The number of nitrogens with one attached hydrogen (secondary N) is 2. The largest absolute Gasteiger partial charge is 0.301 e. The minimum atomic E-state index is -3.82. The molecule has 1 heterocycles. The fourth-order valence-corrected chi connectivity index (χ4v) is 4.50. The van der Waals surface area contributed by atoms with Crippen molar-refractivity contribution in [3.63, 3.8) is 0 Å². The highest BCUT2D eigenvalue weighted by Crippen LogP contribution is 2.25. The maximum absolute atomic E-state index is 12.5. The molecule has 130 valence electrons. The van der Waals surface area contributed by atoms with Gasteiger partial charge in [-0.2, -0.15) is 0 Å². The Labute approximate surface area is 145 Å². The normalized spacial score (nSPS) is 12.9. The van der Waals surface area contributed by atoms with Gasteiger partial charge in [0.15, 0.2) is 0 Å². The first-order valence-electron chi connectivity index (χ1n) is 7.31. The van der Waals surface area contributed by atoms with Gasteiger partial charge in [0.1, 0.15) is 0 Å². The van der Waals surface area contributed by atoms with Crippen molar-refractivity contribution in [1.29, 1.82) is 0 Å². The molecule has 0 aliphatic heterocycles. The van der Waals surface area contributed by atoms with E-state index in [1.807, 2.05) is 32.9 Å². The fraction of sp³-hybridized carbons (Fsp3) is 0.400. The Hall–Kier alpha value is -1.84. The average Bonchev–Trinajstić information content (AvgIpc) is 2.90. The lowest BCUT2D eigenvalue weighted by molar-refractivity contribution is -0.114. The second kappa shape index (κ2) is 6.96. The Morgan fingerprint density at radius 1 is 1.12 bits per heavy atom. The summed E-state index contributed by atoms with van der Waals surface area (Å²) in [6.45, 7) is 9.06. The van der Waals surface area contributed by atoms with Crippen LogP contribution in [0.15, 0.2) is 16.5 Å². The van der Waals surface area contributed by atoms with Crippen molar-refractivity contribution in [2.45, 2.75) is 45.0 Å². The van der Waals surface area contributed by atoms with E-state index in [4.69, 9.17) is 0 Å². The summed E-state index contributed by atoms with van der Waals surface area (Å²) >= 11 is 0.810. The zero-order valence-electron chi connectivity index (χ0n) is 14.2. The molecule has 0 aliphatic carbocycles. The lowest BCUT2D eigenvalue weighted by Crippen LogP contribution is -2.27. The SMILES string of the molecule is CC(=O)Nc1nnc(S(=O)(=O)N[C@H](C)c2cc(C)c(C)cc2C)s1. The van der Waals surface area contributed by atoms with Crippen LogP contribution in [0.1, 0.15) is 42.1 Å². The number of anilines is 1. The van der Waals surface area contributed by atoms with Gasteiger partial charge >= 0.3 is 0 Å². The monoisotopic (exact) mass is 368 g/mol. The van der Waals surface area contributed by atoms with Crippen molar-refractivity contribution in [3.8, 4) is 0 Å². The van der Waals surface area contributed by atoms with Crippen LogP contribution in [0, 0.1) is 20.8 Å². The number of carbonyl (C=O) groups is 1. The third-order valence-electron chi connectivity index (χ3n) is 3.60. The summed E-state index contributed by atoms with van der Waals surface area (Å²) in [7, 11) is -3.82. The van der Waals surface area contributed by atoms with Gasteiger partial charge in [-0.1, -0.05) is 23.5 Å². The molecule has 0 aliphatic rings. The summed E-state index contributed by atoms with van der Waals surface area (Å²) < 4.78 is 27.4. The predicted molar refractivity (Wildman–Crippen MR) is 93.6 cm³/mol. The van der Waals surface area contributed by atoms with Crippen LogP contribution in [0.2, 0.25) is 0 Å². The molecule has 0 saturated heterocycles. The van der Waals surface area contributed by atoms with E-state index in [0.717, 1.165) is 33.6 Å². The molecule has 0 radical (unpaired) electrons. The molecule has 0 spiro atoms. The molecule has 0 bridgehead atoms. The molecule has 24 heavy (non-hydrogen) atoms. The number of aromatic nitrogens is 2. The van der Waals surface area contributed by atoms with Crippen LogP contribution in [0.4, 0.5) is 5.13 Å². The number of amides is 1. The van der Waals surface area contributed by atoms with Gasteiger partial charge in [-0.15, -0.1) is 10.2 Å². The number of carbonyl (C=O) groups excluding carboxylic acids is 1. The summed E-state index contributed by atoms with van der Waals surface area (Å²) in [6.07, 6.45) is 0. The summed E-state index contributed by atoms with van der Waals surface area (Å²) in [5.41, 5.74) is 4.19. The van der Waals surface area contributed by atoms with Gasteiger partial charge in [0, 0.05) is 13.0 Å². The summed E-state index contributed by atoms with van der Waals surface area (Å²) in [5.74, 6) is -0.331. The van der Waals surface area contributed by atoms with Crippen LogP contribution in [0.5, 0.6) is 0 Å². The van der Waals surface area contributed by atoms with Crippen molar-refractivity contribution in [3.05, 3.63) is 34.4 Å². The fourth-order valence-electron chi connectivity index (χ4n) is 2.32. The highest BCUT2D eigenvalue weighted by atomic mass is 32.2. The minimum Gasteiger partial charge on any atom is -0.301 e. The topological polar surface area (TPSA) is 101 Å². The Kier molecular flexibility index (Phi) is 5.36. The second-order valence-corrected chi connectivity index (χ2v) is 8.56. The third-order valence-corrected chi connectivity index (χ3v) is 6.35. The van der Waals surface area contributed by atoms with Gasteiger partial charge in [0.25, 0.3) is 10.0 Å². The van der Waals surface area contributed by atoms with E-state index >= 15 is 0 Å². The maximum atomic E-state index is 12.5. The van der Waals surface area contributed by atoms with E-state index in [2.05, 4.69) is 20.2 Å². The van der Waals surface area contributed by atoms with Crippen molar-refractivity contribution in [2.75, 3.05) is 5.32 Å². The van der Waals surface area contributed by atoms with Crippen LogP contribution < -0.4 is 10.0 Å². The standard InChI is InChI=1S/C15H20N4O3S2/c1-8-6-10(3)13(7-9(8)2)11(4)19-24(21,22)15-18-17-14(23-15)16-12(5)20/h6-7,11,19H,1-5H3,(H,16,17,20)/t11-/m1/s1. The third kappa shape index (κ3) is 4.16. The lowest BCUT2D eigenvalue weighted by atomic mass is 9.97. The molecule has 2 rings (SSSR count). The molecule has 0 unspecified atom stereocenters. The zero-order valence-corrected chi connectivity index (χ0v) is 15.8. The first kappa shape index (κ1) is 18.5. The van der Waals surface area contributed by atoms with E-state index in [-0.39, 0.29) is 15.4 Å². The van der Waals surface area contributed by atoms with Crippen molar-refractivity contribution in [2.24, 2.45) is 0 Å². The number of sulfonamides is 1. The van der Waals surface area contributed by atoms with E-state index < -0.39 is 16.1 Å². The molecule has 1 amide bonds. The molecular weight excluding hydrogens is 348 g/mol. The quantitative estimate of drug-likeness (QED) is 0.790. The molecule has 2 N–H and O–H groups in total. The second-order valence-electron chi connectivity index (χ2n) is 5.69. The summed E-state index contributed by atoms with van der Waals surface area (Å²) in [5, 5.41) is 9.88. The van der Waals surface area contributed by atoms with Crippen LogP contribution in [-0.2, 0) is 14.8 Å². The molecule has 1 aromatic carbocycles. The van der Waals surface area contributed by atoms with Crippen molar-refractivity contribution in [1.82, 2.24) is 14.9 Å². The Balaban J connectivity index is 2.24. The van der Waals surface area contributed by atoms with E-state index in [0.29, 0.717) is 0 Å². The molecule has 1 atom stereocenters. The van der Waals surface area contributed by atoms with Crippen LogP contribution >= 0.6 is 11.3 Å². The number of hydrogen-bond donors (Lipinski definition) is 2. The van der Waals surface area contributed by atoms with Crippen LogP contribution in [0.25, 0.3) is 0 Å². The highest BCUT2D eigenvalue weighted by Gasteiger charge is 2.24. The smallest absolute Gasteiger partial charge is 0.270 e. The number of rotatable bonds is 5. The number of nitrogens with zero attached hydrogens (tertiary/aromatic N) is 2. The van der Waals surface area contributed by atoms with Gasteiger partial charge in [0.2, 0.25) is 15.4 Å². The summed E-state index contributed by atoms with van der Waals surface area (Å²) in [6, 6.07) is 3.61. The Morgan fingerprint density at radius 2 is 1.75 bits per heavy atom. The van der Waals surface area contributed by atoms with Gasteiger partial charge < -0.3 is 5.32 Å². The number of hydrogen-bond acceptors (Lipinski definition) is 6. The molecule has 1 aromatic heterocycles. The highest BCUT2D eigenvalue weighted by molar-refractivity contribution is 7.91. The van der Waals surface area contributed by atoms with Crippen molar-refractivity contribution < 1.29 is 13.2 Å². The number of aryl methyl sites for hydroxylation is 3. The van der Waals surface area contributed by atoms with Gasteiger partial charge in [-0.25, -0.2) is 13.1 Å². The zero-order chi connectivity index (χ0) is 18.1. The molecule has 0 saturated carbocycles. The lowest BCUT2D eigenvalue weighted by Gasteiger charge is -2.17. The Bertz CT molecular complexity index is 875. The minimum absolute atomic E-state index is 0.151. The van der Waals surface area contributed by atoms with Crippen LogP contribution in [0.3, 0.4) is 0 Å². The van der Waals surface area contributed by atoms with Gasteiger partial charge in [-0.05, 0) is 49.9 Å². The first-order valence-corrected chi connectivity index (χ1v) is 9.61. The van der Waals surface area contributed by atoms with Gasteiger partial charge in [-0.3, -0.25) is 4.79 Å². The molecule has 9 heteroatoms. The maximum Gasteiger partial charge on any atom is 0.270 e. The molecule has 2 aromatic rings.